The lowest BCUT2D eigenvalue weighted by atomic mass is 10.1. The van der Waals surface area contributed by atoms with Gasteiger partial charge in [0.15, 0.2) is 11.5 Å². The van der Waals surface area contributed by atoms with E-state index in [1.807, 2.05) is 4.90 Å². The first kappa shape index (κ1) is 21.9. The van der Waals surface area contributed by atoms with Crippen LogP contribution in [-0.2, 0) is 4.74 Å². The van der Waals surface area contributed by atoms with Gasteiger partial charge in [0.05, 0.1) is 32.6 Å². The van der Waals surface area contributed by atoms with Gasteiger partial charge in [-0.2, -0.15) is 0 Å². The van der Waals surface area contributed by atoms with E-state index < -0.39 is 0 Å². The third-order valence-electron chi connectivity index (χ3n) is 4.94. The summed E-state index contributed by atoms with van der Waals surface area (Å²) in [6.45, 7) is 7.29. The predicted molar refractivity (Wildman–Crippen MR) is 115 cm³/mol. The van der Waals surface area contributed by atoms with Crippen LogP contribution in [0.3, 0.4) is 0 Å². The molecule has 0 radical (unpaired) electrons. The van der Waals surface area contributed by atoms with Crippen LogP contribution in [-0.4, -0.2) is 45.9 Å². The lowest BCUT2D eigenvalue weighted by molar-refractivity contribution is 0.102. The van der Waals surface area contributed by atoms with Crippen LogP contribution >= 0.6 is 0 Å². The second-order valence-electron chi connectivity index (χ2n) is 7.62. The third kappa shape index (κ3) is 5.63. The van der Waals surface area contributed by atoms with Crippen molar-refractivity contribution in [1.82, 2.24) is 0 Å². The number of nitrogens with one attached hydrogen (secondary N) is 1. The van der Waals surface area contributed by atoms with E-state index in [-0.39, 0.29) is 11.7 Å². The normalized spacial score (nSPS) is 14.0. The third-order valence-corrected chi connectivity index (χ3v) is 4.94. The topological polar surface area (TPSA) is 60.0 Å². The molecular weight excluding hydrogens is 387 g/mol. The Morgan fingerprint density at radius 3 is 2.60 bits per heavy atom. The smallest absolute Gasteiger partial charge is 0.255 e. The fourth-order valence-corrected chi connectivity index (χ4v) is 3.18. The largest absolute Gasteiger partial charge is 0.493 e. The maximum Gasteiger partial charge on any atom is 0.255 e. The lowest BCUT2D eigenvalue weighted by Gasteiger charge is -2.29. The van der Waals surface area contributed by atoms with Gasteiger partial charge in [0, 0.05) is 24.3 Å². The van der Waals surface area contributed by atoms with Crippen molar-refractivity contribution < 1.29 is 23.4 Å². The molecule has 6 nitrogen and oxygen atoms in total. The highest BCUT2D eigenvalue weighted by molar-refractivity contribution is 6.04. The number of morpholine rings is 1. The van der Waals surface area contributed by atoms with Crippen molar-refractivity contribution in [3.05, 3.63) is 47.8 Å². The number of halogens is 1. The van der Waals surface area contributed by atoms with Gasteiger partial charge < -0.3 is 24.4 Å². The number of carbonyl (C=O) groups excluding carboxylic acids is 1. The minimum absolute atomic E-state index is 0.347. The highest BCUT2D eigenvalue weighted by Crippen LogP contribution is 2.29. The van der Waals surface area contributed by atoms with E-state index in [9.17, 15) is 9.18 Å². The van der Waals surface area contributed by atoms with E-state index in [1.54, 1.807) is 30.3 Å². The Morgan fingerprint density at radius 1 is 1.17 bits per heavy atom. The second kappa shape index (κ2) is 10.3. The van der Waals surface area contributed by atoms with Gasteiger partial charge in [-0.25, -0.2) is 4.39 Å². The lowest BCUT2D eigenvalue weighted by Crippen LogP contribution is -2.36. The number of amides is 1. The average molecular weight is 416 g/mol. The minimum Gasteiger partial charge on any atom is -0.493 e. The van der Waals surface area contributed by atoms with Crippen molar-refractivity contribution in [3.63, 3.8) is 0 Å². The van der Waals surface area contributed by atoms with Gasteiger partial charge in [-0.1, -0.05) is 13.8 Å². The first-order chi connectivity index (χ1) is 14.5. The maximum atomic E-state index is 14.6. The summed E-state index contributed by atoms with van der Waals surface area (Å²) in [7, 11) is 1.53. The van der Waals surface area contributed by atoms with Crippen molar-refractivity contribution in [2.45, 2.75) is 20.3 Å². The molecule has 0 aliphatic carbocycles. The molecule has 2 aromatic rings. The van der Waals surface area contributed by atoms with Crippen molar-refractivity contribution in [3.8, 4) is 11.5 Å². The Balaban J connectivity index is 1.67. The van der Waals surface area contributed by atoms with Gasteiger partial charge >= 0.3 is 0 Å². The van der Waals surface area contributed by atoms with Crippen LogP contribution in [0.2, 0.25) is 0 Å². The van der Waals surface area contributed by atoms with Crippen molar-refractivity contribution in [2.24, 2.45) is 5.92 Å². The summed E-state index contributed by atoms with van der Waals surface area (Å²) in [5.74, 6) is 0.897. The number of anilines is 2. The summed E-state index contributed by atoms with van der Waals surface area (Å²) in [5.41, 5.74) is 1.31. The zero-order chi connectivity index (χ0) is 21.5. The van der Waals surface area contributed by atoms with E-state index in [0.717, 1.165) is 6.42 Å². The molecule has 0 aromatic heterocycles. The van der Waals surface area contributed by atoms with E-state index >= 15 is 0 Å². The Morgan fingerprint density at radius 2 is 1.93 bits per heavy atom. The van der Waals surface area contributed by atoms with Crippen LogP contribution in [0.15, 0.2) is 36.4 Å². The number of nitrogens with zero attached hydrogens (tertiary/aromatic N) is 1. The number of ether oxygens (including phenoxy) is 3. The molecule has 0 unspecified atom stereocenters. The summed E-state index contributed by atoms with van der Waals surface area (Å²) in [5, 5.41) is 2.74. The van der Waals surface area contributed by atoms with Crippen LogP contribution in [0.25, 0.3) is 0 Å². The highest BCUT2D eigenvalue weighted by Gasteiger charge is 2.17. The molecule has 162 valence electrons. The quantitative estimate of drug-likeness (QED) is 0.693. The van der Waals surface area contributed by atoms with Crippen molar-refractivity contribution in [1.29, 1.82) is 0 Å². The molecule has 2 aromatic carbocycles. The van der Waals surface area contributed by atoms with Gasteiger partial charge in [0.1, 0.15) is 5.82 Å². The first-order valence-corrected chi connectivity index (χ1v) is 10.2. The molecule has 1 aliphatic heterocycles. The molecule has 1 heterocycles. The molecule has 0 bridgehead atoms. The van der Waals surface area contributed by atoms with E-state index in [2.05, 4.69) is 19.2 Å². The molecule has 0 spiro atoms. The average Bonchev–Trinajstić information content (AvgIpc) is 2.74. The molecule has 1 amide bonds. The molecule has 1 aliphatic rings. The van der Waals surface area contributed by atoms with Crippen molar-refractivity contribution in [2.75, 3.05) is 50.2 Å². The zero-order valence-electron chi connectivity index (χ0n) is 17.7. The maximum absolute atomic E-state index is 14.6. The summed E-state index contributed by atoms with van der Waals surface area (Å²) in [6.07, 6.45) is 0.928. The van der Waals surface area contributed by atoms with Crippen LogP contribution in [0.4, 0.5) is 15.8 Å². The molecule has 30 heavy (non-hydrogen) atoms. The Bertz CT molecular complexity index is 866. The Kier molecular flexibility index (Phi) is 7.52. The predicted octanol–water partition coefficient (Wildman–Crippen LogP) is 4.35. The highest BCUT2D eigenvalue weighted by atomic mass is 19.1. The van der Waals surface area contributed by atoms with E-state index in [1.165, 1.54) is 13.2 Å². The molecule has 3 rings (SSSR count). The SMILES string of the molecule is COc1cc(C(=O)Nc2ccc(N3CCOCC3)c(F)c2)ccc1OCCC(C)C. The summed E-state index contributed by atoms with van der Waals surface area (Å²) >= 11 is 0. The number of carbonyl (C=O) groups is 1. The van der Waals surface area contributed by atoms with Gasteiger partial charge in [-0.05, 0) is 48.7 Å². The van der Waals surface area contributed by atoms with Gasteiger partial charge in [0.25, 0.3) is 5.91 Å². The first-order valence-electron chi connectivity index (χ1n) is 10.2. The fourth-order valence-electron chi connectivity index (χ4n) is 3.18. The fraction of sp³-hybridized carbons (Fsp3) is 0.435. The van der Waals surface area contributed by atoms with Gasteiger partial charge in [-0.3, -0.25) is 4.79 Å². The zero-order valence-corrected chi connectivity index (χ0v) is 17.7. The number of rotatable bonds is 8. The molecule has 0 saturated carbocycles. The van der Waals surface area contributed by atoms with Gasteiger partial charge in [-0.15, -0.1) is 0 Å². The van der Waals surface area contributed by atoms with E-state index in [4.69, 9.17) is 14.2 Å². The summed E-state index contributed by atoms with van der Waals surface area (Å²) in [4.78, 5) is 14.6. The summed E-state index contributed by atoms with van der Waals surface area (Å²) in [6, 6.07) is 9.73. The number of hydrogen-bond acceptors (Lipinski definition) is 5. The summed E-state index contributed by atoms with van der Waals surface area (Å²) < 4.78 is 31.0. The Hall–Kier alpha value is -2.80. The van der Waals surface area contributed by atoms with Crippen LogP contribution in [0, 0.1) is 11.7 Å². The van der Waals surface area contributed by atoms with Gasteiger partial charge in [0.2, 0.25) is 0 Å². The standard InChI is InChI=1S/C23H29FN2O4/c1-16(2)8-11-30-21-7-4-17(14-22(21)28-3)23(27)25-18-5-6-20(19(24)15-18)26-9-12-29-13-10-26/h4-7,14-16H,8-13H2,1-3H3,(H,25,27). The monoisotopic (exact) mass is 416 g/mol. The molecule has 7 heteroatoms. The molecule has 1 N–H and O–H groups in total. The van der Waals surface area contributed by atoms with Crippen LogP contribution in [0.1, 0.15) is 30.6 Å². The molecular formula is C23H29FN2O4. The van der Waals surface area contributed by atoms with Crippen molar-refractivity contribution >= 4 is 17.3 Å². The van der Waals surface area contributed by atoms with Crippen LogP contribution < -0.4 is 19.7 Å². The molecule has 1 fully saturated rings. The Labute approximate surface area is 176 Å². The number of hydrogen-bond donors (Lipinski definition) is 1. The molecule has 0 atom stereocenters. The minimum atomic E-state index is -0.374. The number of benzene rings is 2. The number of methoxy groups -OCH3 is 1. The molecule has 1 saturated heterocycles. The van der Waals surface area contributed by atoms with Crippen LogP contribution in [0.5, 0.6) is 11.5 Å². The van der Waals surface area contributed by atoms with E-state index in [0.29, 0.717) is 67.3 Å². The second-order valence-corrected chi connectivity index (χ2v) is 7.62.